The van der Waals surface area contributed by atoms with Crippen LogP contribution < -0.4 is 10.1 Å². The number of aromatic amines is 1. The third-order valence-corrected chi connectivity index (χ3v) is 5.73. The molecule has 4 rings (SSSR count). The van der Waals surface area contributed by atoms with E-state index in [2.05, 4.69) is 27.1 Å². The molecule has 2 N–H and O–H groups in total. The van der Waals surface area contributed by atoms with E-state index in [0.29, 0.717) is 42.9 Å². The molecule has 0 saturated carbocycles. The number of hydrogen-bond donors (Lipinski definition) is 2. The number of nitrogens with one attached hydrogen (secondary N) is 2. The number of aromatic nitrogens is 2. The van der Waals surface area contributed by atoms with E-state index in [1.807, 2.05) is 0 Å². The Kier molecular flexibility index (Phi) is 7.82. The molecule has 0 atom stereocenters. The quantitative estimate of drug-likeness (QED) is 0.334. The molecule has 6 nitrogen and oxygen atoms in total. The van der Waals surface area contributed by atoms with Crippen molar-refractivity contribution in [1.82, 2.24) is 9.97 Å². The number of imidazole rings is 1. The van der Waals surface area contributed by atoms with Crippen LogP contribution in [0.3, 0.4) is 0 Å². The lowest BCUT2D eigenvalue weighted by atomic mass is 10.0. The minimum atomic E-state index is -4.58. The highest BCUT2D eigenvalue weighted by molar-refractivity contribution is 6.30. The van der Waals surface area contributed by atoms with Gasteiger partial charge in [-0.1, -0.05) is 17.5 Å². The molecule has 188 valence electrons. The number of H-pyrrole nitrogens is 1. The molecule has 3 aromatic rings. The van der Waals surface area contributed by atoms with Gasteiger partial charge in [0.15, 0.2) is 0 Å². The second-order valence-corrected chi connectivity index (χ2v) is 8.46. The van der Waals surface area contributed by atoms with Crippen molar-refractivity contribution in [3.05, 3.63) is 64.7 Å². The van der Waals surface area contributed by atoms with E-state index < -0.39 is 23.6 Å². The number of halogens is 5. The number of amides is 1. The van der Waals surface area contributed by atoms with Crippen LogP contribution >= 0.6 is 11.6 Å². The Balaban J connectivity index is 1.57. The third-order valence-electron chi connectivity index (χ3n) is 5.44. The van der Waals surface area contributed by atoms with Crippen molar-refractivity contribution in [2.75, 3.05) is 25.1 Å². The van der Waals surface area contributed by atoms with Crippen molar-refractivity contribution in [2.24, 2.45) is 5.92 Å². The standard InChI is InChI=1S/C25H20ClF4N3O3/c26-18-11-15(1-4-19(18)27)2-6-23(34)32-20-12-17(24-31-13-22(33-24)25(28,29)30)3-5-21(20)36-14-16-7-9-35-10-8-16/h1,3-5,11-13,16H,7-10,14H2,(H,31,33)(H,32,34). The van der Waals surface area contributed by atoms with Crippen LogP contribution in [0.5, 0.6) is 5.75 Å². The summed E-state index contributed by atoms with van der Waals surface area (Å²) in [5.74, 6) is 4.22. The molecular weight excluding hydrogens is 502 g/mol. The highest BCUT2D eigenvalue weighted by Crippen LogP contribution is 2.33. The Labute approximate surface area is 209 Å². The number of nitrogens with zero attached hydrogens (tertiary/aromatic N) is 1. The van der Waals surface area contributed by atoms with Gasteiger partial charge < -0.3 is 19.8 Å². The Bertz CT molecular complexity index is 1310. The SMILES string of the molecule is O=C(C#Cc1ccc(F)c(Cl)c1)Nc1cc(-c2ncc(C(F)(F)F)[nH]2)ccc1OCC1CCOCC1. The summed E-state index contributed by atoms with van der Waals surface area (Å²) < 4.78 is 63.6. The minimum absolute atomic E-state index is 0.0270. The molecule has 2 aromatic carbocycles. The van der Waals surface area contributed by atoms with Gasteiger partial charge in [-0.25, -0.2) is 9.37 Å². The molecule has 2 heterocycles. The number of benzene rings is 2. The van der Waals surface area contributed by atoms with Gasteiger partial charge in [0.25, 0.3) is 0 Å². The van der Waals surface area contributed by atoms with Crippen molar-refractivity contribution < 1.29 is 31.8 Å². The van der Waals surface area contributed by atoms with Gasteiger partial charge in [0.1, 0.15) is 23.1 Å². The highest BCUT2D eigenvalue weighted by Gasteiger charge is 2.33. The number of carbonyl (C=O) groups is 1. The average Bonchev–Trinajstić information content (AvgIpc) is 3.36. The molecule has 11 heteroatoms. The fraction of sp³-hybridized carbons (Fsp3) is 0.280. The Morgan fingerprint density at radius 3 is 2.69 bits per heavy atom. The number of rotatable bonds is 5. The molecule has 1 fully saturated rings. The zero-order valence-electron chi connectivity index (χ0n) is 18.7. The zero-order chi connectivity index (χ0) is 25.7. The van der Waals surface area contributed by atoms with Gasteiger partial charge in [0.05, 0.1) is 23.5 Å². The zero-order valence-corrected chi connectivity index (χ0v) is 19.5. The first kappa shape index (κ1) is 25.5. The van der Waals surface area contributed by atoms with Gasteiger partial charge in [-0.2, -0.15) is 13.2 Å². The molecule has 0 aliphatic carbocycles. The number of alkyl halides is 3. The Morgan fingerprint density at radius 1 is 1.22 bits per heavy atom. The van der Waals surface area contributed by atoms with Gasteiger partial charge in [-0.05, 0) is 55.2 Å². The Hall–Kier alpha value is -3.55. The maximum Gasteiger partial charge on any atom is 0.432 e. The van der Waals surface area contributed by atoms with E-state index in [4.69, 9.17) is 21.1 Å². The fourth-order valence-corrected chi connectivity index (χ4v) is 3.67. The van der Waals surface area contributed by atoms with Gasteiger partial charge in [0.2, 0.25) is 0 Å². The van der Waals surface area contributed by atoms with Crippen LogP contribution in [-0.4, -0.2) is 35.7 Å². The lowest BCUT2D eigenvalue weighted by Crippen LogP contribution is -2.22. The first-order chi connectivity index (χ1) is 17.2. The molecule has 1 saturated heterocycles. The highest BCUT2D eigenvalue weighted by atomic mass is 35.5. The lowest BCUT2D eigenvalue weighted by molar-refractivity contribution is -0.140. The monoisotopic (exact) mass is 521 g/mol. The summed E-state index contributed by atoms with van der Waals surface area (Å²) in [6, 6.07) is 8.34. The molecular formula is C25H20ClF4N3O3. The van der Waals surface area contributed by atoms with Crippen LogP contribution in [0, 0.1) is 23.6 Å². The molecule has 0 spiro atoms. The number of hydrogen-bond acceptors (Lipinski definition) is 4. The molecule has 36 heavy (non-hydrogen) atoms. The molecule has 0 unspecified atom stereocenters. The average molecular weight is 522 g/mol. The van der Waals surface area contributed by atoms with E-state index in [-0.39, 0.29) is 22.5 Å². The summed E-state index contributed by atoms with van der Waals surface area (Å²) in [4.78, 5) is 18.6. The largest absolute Gasteiger partial charge is 0.491 e. The third kappa shape index (κ3) is 6.56. The molecule has 0 bridgehead atoms. The van der Waals surface area contributed by atoms with Crippen molar-refractivity contribution in [1.29, 1.82) is 0 Å². The van der Waals surface area contributed by atoms with Gasteiger partial charge in [-0.3, -0.25) is 4.79 Å². The summed E-state index contributed by atoms with van der Waals surface area (Å²) in [6.07, 6.45) is -2.22. The maximum atomic E-state index is 13.3. The molecule has 0 radical (unpaired) electrons. The predicted molar refractivity (Wildman–Crippen MR) is 125 cm³/mol. The van der Waals surface area contributed by atoms with E-state index >= 15 is 0 Å². The normalized spacial score (nSPS) is 14.1. The van der Waals surface area contributed by atoms with Crippen LogP contribution in [0.2, 0.25) is 5.02 Å². The van der Waals surface area contributed by atoms with Crippen LogP contribution in [0.15, 0.2) is 42.6 Å². The summed E-state index contributed by atoms with van der Waals surface area (Å²) in [7, 11) is 0. The van der Waals surface area contributed by atoms with E-state index in [0.717, 1.165) is 18.9 Å². The topological polar surface area (TPSA) is 76.2 Å². The van der Waals surface area contributed by atoms with Crippen molar-refractivity contribution >= 4 is 23.2 Å². The predicted octanol–water partition coefficient (Wildman–Crippen LogP) is 5.68. The molecule has 1 aliphatic rings. The van der Waals surface area contributed by atoms with Crippen LogP contribution in [0.1, 0.15) is 24.1 Å². The summed E-state index contributed by atoms with van der Waals surface area (Å²) >= 11 is 5.74. The second kappa shape index (κ2) is 11.0. The van der Waals surface area contributed by atoms with Crippen molar-refractivity contribution in [3.8, 4) is 29.0 Å². The van der Waals surface area contributed by atoms with Gasteiger partial charge in [0, 0.05) is 30.3 Å². The van der Waals surface area contributed by atoms with Crippen LogP contribution in [-0.2, 0) is 15.7 Å². The number of carbonyl (C=O) groups excluding carboxylic acids is 1. The lowest BCUT2D eigenvalue weighted by Gasteiger charge is -2.23. The molecule has 1 aliphatic heterocycles. The summed E-state index contributed by atoms with van der Waals surface area (Å²) in [5.41, 5.74) is -0.151. The molecule has 1 amide bonds. The number of anilines is 1. The number of ether oxygens (including phenoxy) is 2. The van der Waals surface area contributed by atoms with Gasteiger partial charge in [-0.15, -0.1) is 0 Å². The Morgan fingerprint density at radius 2 is 2.00 bits per heavy atom. The van der Waals surface area contributed by atoms with E-state index in [1.54, 1.807) is 12.1 Å². The van der Waals surface area contributed by atoms with Crippen molar-refractivity contribution in [3.63, 3.8) is 0 Å². The smallest absolute Gasteiger partial charge is 0.432 e. The summed E-state index contributed by atoms with van der Waals surface area (Å²) in [6.45, 7) is 1.66. The second-order valence-electron chi connectivity index (χ2n) is 8.05. The van der Waals surface area contributed by atoms with E-state index in [9.17, 15) is 22.4 Å². The minimum Gasteiger partial charge on any atom is -0.491 e. The van der Waals surface area contributed by atoms with Crippen molar-refractivity contribution in [2.45, 2.75) is 19.0 Å². The van der Waals surface area contributed by atoms with Gasteiger partial charge >= 0.3 is 12.1 Å². The van der Waals surface area contributed by atoms with Crippen LogP contribution in [0.25, 0.3) is 11.4 Å². The summed E-state index contributed by atoms with van der Waals surface area (Å²) in [5, 5.41) is 2.48. The van der Waals surface area contributed by atoms with E-state index in [1.165, 1.54) is 18.2 Å². The fourth-order valence-electron chi connectivity index (χ4n) is 3.49. The first-order valence-electron chi connectivity index (χ1n) is 10.9. The van der Waals surface area contributed by atoms with Crippen LogP contribution in [0.4, 0.5) is 23.2 Å². The molecule has 1 aromatic heterocycles. The first-order valence-corrected chi connectivity index (χ1v) is 11.3. The maximum absolute atomic E-state index is 13.3.